The average molecular weight is 677 g/mol. The molecule has 0 aromatic heterocycles. The van der Waals surface area contributed by atoms with Crippen LogP contribution in [0.15, 0.2) is 18.2 Å². The molecule has 4 heterocycles. The highest BCUT2D eigenvalue weighted by Gasteiger charge is 2.47. The molecule has 0 spiro atoms. The number of aliphatic hydroxyl groups is 1. The van der Waals surface area contributed by atoms with Gasteiger partial charge in [-0.05, 0) is 82.4 Å². The number of esters is 1. The Morgan fingerprint density at radius 2 is 1.60 bits per heavy atom. The first kappa shape index (κ1) is 35.6. The second kappa shape index (κ2) is 14.8. The minimum Gasteiger partial charge on any atom is -0.459 e. The number of cyclic esters (lactones) is 1. The average Bonchev–Trinajstić information content (AvgIpc) is 3.72. The Morgan fingerprint density at radius 1 is 0.958 bits per heavy atom. The molecule has 13 nitrogen and oxygen atoms in total. The van der Waals surface area contributed by atoms with E-state index in [1.807, 2.05) is 6.92 Å². The molecule has 4 aliphatic rings. The summed E-state index contributed by atoms with van der Waals surface area (Å²) in [7, 11) is 0. The van der Waals surface area contributed by atoms with Gasteiger partial charge < -0.3 is 36.0 Å². The van der Waals surface area contributed by atoms with Crippen molar-refractivity contribution in [3.63, 3.8) is 0 Å². The van der Waals surface area contributed by atoms with E-state index in [0.29, 0.717) is 51.1 Å². The van der Waals surface area contributed by atoms with Crippen LogP contribution in [0.4, 0.5) is 8.78 Å². The number of nitrogens with one attached hydrogen (secondary N) is 2. The number of piperidine rings is 1. The molecule has 0 radical (unpaired) electrons. The number of carbonyl (C=O) groups is 5. The van der Waals surface area contributed by atoms with E-state index in [9.17, 15) is 37.9 Å². The molecule has 5 N–H and O–H groups in total. The van der Waals surface area contributed by atoms with Crippen molar-refractivity contribution in [2.75, 3.05) is 19.6 Å². The minimum atomic E-state index is -1.53. The van der Waals surface area contributed by atoms with E-state index in [2.05, 4.69) is 10.6 Å². The molecule has 0 aliphatic carbocycles. The van der Waals surface area contributed by atoms with Crippen molar-refractivity contribution in [1.29, 1.82) is 0 Å². The van der Waals surface area contributed by atoms with Gasteiger partial charge in [-0.3, -0.25) is 24.1 Å². The van der Waals surface area contributed by atoms with Gasteiger partial charge in [0.15, 0.2) is 0 Å². The molecule has 4 amide bonds. The number of ether oxygens (including phenoxy) is 1. The number of carbonyl (C=O) groups excluding carboxylic acids is 5. The molecule has 4 aliphatic heterocycles. The van der Waals surface area contributed by atoms with Gasteiger partial charge in [0.05, 0.1) is 12.1 Å². The summed E-state index contributed by atoms with van der Waals surface area (Å²) in [6, 6.07) is -3.34. The lowest BCUT2D eigenvalue weighted by molar-refractivity contribution is -0.166. The molecule has 4 fully saturated rings. The van der Waals surface area contributed by atoms with Gasteiger partial charge in [-0.25, -0.2) is 13.6 Å². The van der Waals surface area contributed by atoms with Crippen LogP contribution in [0.5, 0.6) is 0 Å². The van der Waals surface area contributed by atoms with Crippen molar-refractivity contribution in [2.24, 2.45) is 11.7 Å². The Morgan fingerprint density at radius 3 is 2.31 bits per heavy atom. The van der Waals surface area contributed by atoms with Gasteiger partial charge in [0.25, 0.3) is 0 Å². The van der Waals surface area contributed by atoms with Gasteiger partial charge in [0.2, 0.25) is 23.6 Å². The van der Waals surface area contributed by atoms with Crippen LogP contribution in [0.25, 0.3) is 0 Å². The number of fused-ring (bicyclic) bond motifs is 3. The fourth-order valence-electron chi connectivity index (χ4n) is 7.43. The van der Waals surface area contributed by atoms with Gasteiger partial charge in [-0.2, -0.15) is 0 Å². The largest absolute Gasteiger partial charge is 0.459 e. The Kier molecular flexibility index (Phi) is 11.0. The number of amides is 4. The normalized spacial score (nSPS) is 33.0. The van der Waals surface area contributed by atoms with Gasteiger partial charge >= 0.3 is 5.97 Å². The number of nitrogens with zero attached hydrogens (tertiary/aromatic N) is 3. The Bertz CT molecular complexity index is 1400. The van der Waals surface area contributed by atoms with Crippen molar-refractivity contribution in [2.45, 2.75) is 114 Å². The van der Waals surface area contributed by atoms with Crippen LogP contribution >= 0.6 is 0 Å². The molecule has 48 heavy (non-hydrogen) atoms. The molecular formula is C33H46F2N6O7. The molecule has 9 atom stereocenters. The van der Waals surface area contributed by atoms with Crippen molar-refractivity contribution >= 4 is 29.6 Å². The van der Waals surface area contributed by atoms with Crippen molar-refractivity contribution in [1.82, 2.24) is 25.3 Å². The highest BCUT2D eigenvalue weighted by Crippen LogP contribution is 2.30. The van der Waals surface area contributed by atoms with Crippen molar-refractivity contribution < 1.29 is 42.6 Å². The molecule has 1 aromatic carbocycles. The molecule has 0 bridgehead atoms. The van der Waals surface area contributed by atoms with Gasteiger partial charge in [0.1, 0.15) is 48.1 Å². The van der Waals surface area contributed by atoms with Gasteiger partial charge in [-0.1, -0.05) is 6.92 Å². The highest BCUT2D eigenvalue weighted by molar-refractivity contribution is 5.94. The monoisotopic (exact) mass is 676 g/mol. The minimum absolute atomic E-state index is 0.146. The highest BCUT2D eigenvalue weighted by atomic mass is 19.1. The van der Waals surface area contributed by atoms with E-state index >= 15 is 0 Å². The smallest absolute Gasteiger partial charge is 0.329 e. The van der Waals surface area contributed by atoms with E-state index in [4.69, 9.17) is 10.5 Å². The first-order chi connectivity index (χ1) is 22.7. The fraction of sp³-hybridized carbons (Fsp3) is 0.667. The van der Waals surface area contributed by atoms with Crippen LogP contribution < -0.4 is 16.4 Å². The fourth-order valence-corrected chi connectivity index (χ4v) is 7.43. The van der Waals surface area contributed by atoms with Gasteiger partial charge in [0, 0.05) is 25.7 Å². The number of nitrogens with two attached hydrogens (primary N) is 1. The maximum absolute atomic E-state index is 14.1. The first-order valence-corrected chi connectivity index (χ1v) is 16.8. The molecule has 1 unspecified atom stereocenters. The summed E-state index contributed by atoms with van der Waals surface area (Å²) >= 11 is 0. The topological polar surface area (TPSA) is 175 Å². The third-order valence-electron chi connectivity index (χ3n) is 10.1. The Balaban J connectivity index is 1.46. The number of rotatable bonds is 4. The van der Waals surface area contributed by atoms with Crippen molar-refractivity contribution in [3.8, 4) is 0 Å². The zero-order chi connectivity index (χ0) is 34.9. The second-order valence-electron chi connectivity index (χ2n) is 13.7. The molecule has 0 saturated carbocycles. The molecule has 5 rings (SSSR count). The number of hydrogen-bond donors (Lipinski definition) is 4. The standard InChI is InChI=1S/C33H46F2N6O7/c1-17-8-11-41-26(12-17)29(43)37-18(2)30(44)40-10-5-7-25(40)33(47)48-19(3)27(32(46)39-9-4-6-24(39)31(41)45)38-28(42)23(36)15-20-13-21(34)16-22(35)14-20/h13-14,16-19,23-27,32,46H,4-12,15,36H2,1-3H3,(H,37,43)(H,38,42)/t17-,18-,19+,23-,24-,25-,26-,27-,32?/m0/s1. The van der Waals surface area contributed by atoms with Crippen LogP contribution in [0.3, 0.4) is 0 Å². The third-order valence-corrected chi connectivity index (χ3v) is 10.1. The molecule has 15 heteroatoms. The number of halogens is 2. The maximum atomic E-state index is 14.1. The lowest BCUT2D eigenvalue weighted by Gasteiger charge is -2.42. The van der Waals surface area contributed by atoms with E-state index in [-0.39, 0.29) is 36.9 Å². The first-order valence-electron chi connectivity index (χ1n) is 16.8. The van der Waals surface area contributed by atoms with Crippen LogP contribution in [-0.2, 0) is 35.1 Å². The summed E-state index contributed by atoms with van der Waals surface area (Å²) in [6.07, 6.45) is -0.0765. The van der Waals surface area contributed by atoms with E-state index in [1.54, 1.807) is 6.92 Å². The van der Waals surface area contributed by atoms with Crippen LogP contribution in [-0.4, -0.2) is 118 Å². The summed E-state index contributed by atoms with van der Waals surface area (Å²) in [5.41, 5.74) is 6.29. The van der Waals surface area contributed by atoms with Crippen molar-refractivity contribution in [3.05, 3.63) is 35.4 Å². The number of aliphatic hydroxyl groups excluding tert-OH is 1. The molecule has 4 saturated heterocycles. The molecule has 264 valence electrons. The quantitative estimate of drug-likeness (QED) is 0.324. The SMILES string of the molecule is C[C@H]1CCN2C(=O)[C@@H]3CCCN3C(O)[C@@H](NC(=O)[C@@H](N)Cc3cc(F)cc(F)c3)[C@@H](C)OC(=O)[C@@H]3CCCN3C(=O)[C@H](C)NC(=O)[C@@H]2C1. The lowest BCUT2D eigenvalue weighted by atomic mass is 9.91. The zero-order valence-corrected chi connectivity index (χ0v) is 27.6. The Labute approximate surface area is 278 Å². The molecule has 1 aromatic rings. The maximum Gasteiger partial charge on any atom is 0.329 e. The van der Waals surface area contributed by atoms with E-state index in [1.165, 1.54) is 21.6 Å². The van der Waals surface area contributed by atoms with Crippen LogP contribution in [0.1, 0.15) is 64.9 Å². The van der Waals surface area contributed by atoms with Crippen LogP contribution in [0.2, 0.25) is 0 Å². The third kappa shape index (κ3) is 7.62. The summed E-state index contributed by atoms with van der Waals surface area (Å²) in [5.74, 6) is -4.31. The predicted molar refractivity (Wildman–Crippen MR) is 167 cm³/mol. The zero-order valence-electron chi connectivity index (χ0n) is 27.6. The lowest BCUT2D eigenvalue weighted by Crippen LogP contribution is -2.64. The summed E-state index contributed by atoms with van der Waals surface area (Å²) in [5, 5.41) is 17.3. The number of benzene rings is 1. The van der Waals surface area contributed by atoms with Crippen LogP contribution in [0, 0.1) is 17.6 Å². The van der Waals surface area contributed by atoms with E-state index < -0.39 is 83.9 Å². The molecular weight excluding hydrogens is 630 g/mol. The van der Waals surface area contributed by atoms with Gasteiger partial charge in [-0.15, -0.1) is 0 Å². The number of hydrogen-bond acceptors (Lipinski definition) is 9. The summed E-state index contributed by atoms with van der Waals surface area (Å²) < 4.78 is 33.4. The second-order valence-corrected chi connectivity index (χ2v) is 13.7. The summed E-state index contributed by atoms with van der Waals surface area (Å²) in [6.45, 7) is 5.90. The predicted octanol–water partition coefficient (Wildman–Crippen LogP) is 0.170. The summed E-state index contributed by atoms with van der Waals surface area (Å²) in [4.78, 5) is 72.7. The van der Waals surface area contributed by atoms with E-state index in [0.717, 1.165) is 12.1 Å². The Hall–Kier alpha value is -3.69.